The maximum Gasteiger partial charge on any atom is 0.218 e. The van der Waals surface area contributed by atoms with Crippen LogP contribution < -0.4 is 10.5 Å². The van der Waals surface area contributed by atoms with Gasteiger partial charge in [0.05, 0.1) is 6.61 Å². The average molecular weight is 199 g/mol. The van der Waals surface area contributed by atoms with Gasteiger partial charge < -0.3 is 20.3 Å². The predicted molar refractivity (Wildman–Crippen MR) is 49.7 cm³/mol. The minimum Gasteiger partial charge on any atom is -0.475 e. The largest absolute Gasteiger partial charge is 0.475 e. The highest BCUT2D eigenvalue weighted by atomic mass is 16.5. The van der Waals surface area contributed by atoms with Crippen molar-refractivity contribution in [2.75, 3.05) is 26.1 Å². The van der Waals surface area contributed by atoms with Gasteiger partial charge in [-0.2, -0.15) is 4.98 Å². The number of aliphatic hydroxyl groups excluding tert-OH is 1. The molecule has 3 N–H and O–H groups in total. The summed E-state index contributed by atoms with van der Waals surface area (Å²) in [5, 5.41) is 8.55. The Kier molecular flexibility index (Phi) is 4.09. The van der Waals surface area contributed by atoms with E-state index in [1.807, 2.05) is 0 Å². The molecule has 0 radical (unpaired) electrons. The van der Waals surface area contributed by atoms with Crippen molar-refractivity contribution in [3.63, 3.8) is 0 Å². The lowest BCUT2D eigenvalue weighted by molar-refractivity contribution is 0.173. The molecular formula is C8H13N3O3. The number of nitrogen functional groups attached to an aromatic ring is 1. The SMILES string of the molecule is COCc1nc(N)cc(OCCO)n1. The smallest absolute Gasteiger partial charge is 0.218 e. The second kappa shape index (κ2) is 5.36. The van der Waals surface area contributed by atoms with Crippen LogP contribution in [0.3, 0.4) is 0 Å². The Balaban J connectivity index is 2.73. The van der Waals surface area contributed by atoms with Crippen LogP contribution in [-0.2, 0) is 11.3 Å². The fourth-order valence-electron chi connectivity index (χ4n) is 0.910. The van der Waals surface area contributed by atoms with Crippen LogP contribution in [0.1, 0.15) is 5.82 Å². The molecule has 14 heavy (non-hydrogen) atoms. The molecular weight excluding hydrogens is 186 g/mol. The van der Waals surface area contributed by atoms with E-state index in [0.29, 0.717) is 17.5 Å². The average Bonchev–Trinajstić information content (AvgIpc) is 2.14. The van der Waals surface area contributed by atoms with E-state index in [-0.39, 0.29) is 19.8 Å². The standard InChI is InChI=1S/C8H13N3O3/c1-13-5-7-10-6(9)4-8(11-7)14-3-2-12/h4,12H,2-3,5H2,1H3,(H2,9,10,11). The lowest BCUT2D eigenvalue weighted by Gasteiger charge is -2.05. The lowest BCUT2D eigenvalue weighted by Crippen LogP contribution is -2.07. The van der Waals surface area contributed by atoms with Gasteiger partial charge in [0.1, 0.15) is 19.0 Å². The van der Waals surface area contributed by atoms with Crippen LogP contribution in [0.4, 0.5) is 5.82 Å². The lowest BCUT2D eigenvalue weighted by atomic mass is 10.5. The van der Waals surface area contributed by atoms with Gasteiger partial charge in [0.25, 0.3) is 0 Å². The Morgan fingerprint density at radius 2 is 2.29 bits per heavy atom. The van der Waals surface area contributed by atoms with E-state index in [9.17, 15) is 0 Å². The molecule has 1 aromatic heterocycles. The highest BCUT2D eigenvalue weighted by molar-refractivity contribution is 5.32. The maximum absolute atomic E-state index is 8.55. The molecule has 6 heteroatoms. The number of hydrogen-bond acceptors (Lipinski definition) is 6. The summed E-state index contributed by atoms with van der Waals surface area (Å²) in [6, 6.07) is 1.49. The first-order chi connectivity index (χ1) is 6.76. The highest BCUT2D eigenvalue weighted by Crippen LogP contribution is 2.10. The van der Waals surface area contributed by atoms with Crippen molar-refractivity contribution in [2.45, 2.75) is 6.61 Å². The summed E-state index contributed by atoms with van der Waals surface area (Å²) in [5.41, 5.74) is 5.51. The molecule has 0 spiro atoms. The first-order valence-electron chi connectivity index (χ1n) is 4.12. The summed E-state index contributed by atoms with van der Waals surface area (Å²) in [5.74, 6) is 1.12. The van der Waals surface area contributed by atoms with Gasteiger partial charge in [-0.15, -0.1) is 0 Å². The number of nitrogens with two attached hydrogens (primary N) is 1. The van der Waals surface area contributed by atoms with Crippen LogP contribution in [-0.4, -0.2) is 35.4 Å². The van der Waals surface area contributed by atoms with Crippen LogP contribution in [0.25, 0.3) is 0 Å². The number of hydrogen-bond donors (Lipinski definition) is 2. The van der Waals surface area contributed by atoms with Crippen molar-refractivity contribution < 1.29 is 14.6 Å². The zero-order valence-electron chi connectivity index (χ0n) is 7.93. The van der Waals surface area contributed by atoms with E-state index >= 15 is 0 Å². The Hall–Kier alpha value is -1.40. The summed E-state index contributed by atoms with van der Waals surface area (Å²) >= 11 is 0. The molecule has 0 saturated carbocycles. The van der Waals surface area contributed by atoms with Gasteiger partial charge in [0.2, 0.25) is 5.88 Å². The van der Waals surface area contributed by atoms with Crippen molar-refractivity contribution in [1.29, 1.82) is 0 Å². The minimum absolute atomic E-state index is 0.0660. The molecule has 0 aromatic carbocycles. The third-order valence-corrected chi connectivity index (χ3v) is 1.38. The Bertz CT molecular complexity index is 293. The zero-order chi connectivity index (χ0) is 10.4. The quantitative estimate of drug-likeness (QED) is 0.669. The molecule has 6 nitrogen and oxygen atoms in total. The third kappa shape index (κ3) is 3.15. The number of ether oxygens (including phenoxy) is 2. The van der Waals surface area contributed by atoms with Crippen molar-refractivity contribution in [1.82, 2.24) is 9.97 Å². The van der Waals surface area contributed by atoms with E-state index in [2.05, 4.69) is 9.97 Å². The number of anilines is 1. The second-order valence-corrected chi connectivity index (χ2v) is 2.55. The Morgan fingerprint density at radius 1 is 1.50 bits per heavy atom. The van der Waals surface area contributed by atoms with Crippen LogP contribution >= 0.6 is 0 Å². The van der Waals surface area contributed by atoms with E-state index < -0.39 is 0 Å². The summed E-state index contributed by atoms with van der Waals surface area (Å²) in [6.45, 7) is 0.396. The fraction of sp³-hybridized carbons (Fsp3) is 0.500. The number of aromatic nitrogens is 2. The zero-order valence-corrected chi connectivity index (χ0v) is 7.93. The summed E-state index contributed by atoms with van der Waals surface area (Å²) in [7, 11) is 1.54. The first-order valence-corrected chi connectivity index (χ1v) is 4.12. The Labute approximate surface area is 81.7 Å². The molecule has 1 rings (SSSR count). The van der Waals surface area contributed by atoms with Gasteiger partial charge in [0.15, 0.2) is 5.82 Å². The molecule has 0 fully saturated rings. The molecule has 0 atom stereocenters. The number of methoxy groups -OCH3 is 1. The molecule has 0 bridgehead atoms. The minimum atomic E-state index is -0.0660. The van der Waals surface area contributed by atoms with Crippen molar-refractivity contribution >= 4 is 5.82 Å². The van der Waals surface area contributed by atoms with E-state index in [1.165, 1.54) is 6.07 Å². The number of aliphatic hydroxyl groups is 1. The third-order valence-electron chi connectivity index (χ3n) is 1.38. The molecule has 0 aliphatic heterocycles. The molecule has 0 saturated heterocycles. The van der Waals surface area contributed by atoms with Gasteiger partial charge in [-0.3, -0.25) is 0 Å². The van der Waals surface area contributed by atoms with Crippen LogP contribution in [0.2, 0.25) is 0 Å². The van der Waals surface area contributed by atoms with E-state index in [1.54, 1.807) is 7.11 Å². The Morgan fingerprint density at radius 3 is 2.93 bits per heavy atom. The van der Waals surface area contributed by atoms with Crippen molar-refractivity contribution in [2.24, 2.45) is 0 Å². The van der Waals surface area contributed by atoms with E-state index in [4.69, 9.17) is 20.3 Å². The molecule has 0 unspecified atom stereocenters. The maximum atomic E-state index is 8.55. The molecule has 1 aromatic rings. The van der Waals surface area contributed by atoms with Gasteiger partial charge >= 0.3 is 0 Å². The molecule has 78 valence electrons. The monoisotopic (exact) mass is 199 g/mol. The van der Waals surface area contributed by atoms with Crippen LogP contribution in [0, 0.1) is 0 Å². The summed E-state index contributed by atoms with van der Waals surface area (Å²) < 4.78 is 9.94. The first kappa shape index (κ1) is 10.7. The highest BCUT2D eigenvalue weighted by Gasteiger charge is 2.02. The van der Waals surface area contributed by atoms with Crippen molar-refractivity contribution in [3.8, 4) is 5.88 Å². The normalized spacial score (nSPS) is 10.1. The van der Waals surface area contributed by atoms with Gasteiger partial charge in [-0.05, 0) is 0 Å². The number of rotatable bonds is 5. The predicted octanol–water partition coefficient (Wildman–Crippen LogP) is -0.424. The van der Waals surface area contributed by atoms with Gasteiger partial charge in [-0.1, -0.05) is 0 Å². The second-order valence-electron chi connectivity index (χ2n) is 2.55. The summed E-state index contributed by atoms with van der Waals surface area (Å²) in [4.78, 5) is 7.94. The van der Waals surface area contributed by atoms with E-state index in [0.717, 1.165) is 0 Å². The molecule has 1 heterocycles. The molecule has 0 aliphatic carbocycles. The fourth-order valence-corrected chi connectivity index (χ4v) is 0.910. The van der Waals surface area contributed by atoms with Crippen LogP contribution in [0.15, 0.2) is 6.07 Å². The van der Waals surface area contributed by atoms with Gasteiger partial charge in [0, 0.05) is 13.2 Å². The number of nitrogens with zero attached hydrogens (tertiary/aromatic N) is 2. The topological polar surface area (TPSA) is 90.5 Å². The van der Waals surface area contributed by atoms with Gasteiger partial charge in [-0.25, -0.2) is 4.98 Å². The molecule has 0 amide bonds. The molecule has 0 aliphatic rings. The van der Waals surface area contributed by atoms with Crippen LogP contribution in [0.5, 0.6) is 5.88 Å². The van der Waals surface area contributed by atoms with Crippen molar-refractivity contribution in [3.05, 3.63) is 11.9 Å². The summed E-state index contributed by atoms with van der Waals surface area (Å²) in [6.07, 6.45) is 0.